The van der Waals surface area contributed by atoms with Crippen LogP contribution >= 0.6 is 0 Å². The Morgan fingerprint density at radius 1 is 1.21 bits per heavy atom. The van der Waals surface area contributed by atoms with Crippen molar-refractivity contribution in [3.63, 3.8) is 0 Å². The maximum absolute atomic E-state index is 13.2. The zero-order valence-electron chi connectivity index (χ0n) is 24.2. The molecule has 0 atom stereocenters. The third-order valence-electron chi connectivity index (χ3n) is 7.19. The van der Waals surface area contributed by atoms with Gasteiger partial charge < -0.3 is 29.6 Å². The van der Waals surface area contributed by atoms with Crippen molar-refractivity contribution in [3.8, 4) is 17.0 Å². The van der Waals surface area contributed by atoms with Crippen LogP contribution in [-0.2, 0) is 4.74 Å². The highest BCUT2D eigenvalue weighted by molar-refractivity contribution is 6.02. The van der Waals surface area contributed by atoms with Crippen LogP contribution in [0.5, 0.6) is 5.75 Å². The van der Waals surface area contributed by atoms with E-state index in [-0.39, 0.29) is 23.3 Å². The lowest BCUT2D eigenvalue weighted by molar-refractivity contribution is -0.384. The lowest BCUT2D eigenvalue weighted by Crippen LogP contribution is -2.50. The van der Waals surface area contributed by atoms with E-state index in [1.54, 1.807) is 19.3 Å². The first-order chi connectivity index (χ1) is 20.1. The van der Waals surface area contributed by atoms with Crippen molar-refractivity contribution in [1.82, 2.24) is 24.8 Å². The van der Waals surface area contributed by atoms with Gasteiger partial charge in [0.25, 0.3) is 5.69 Å². The average Bonchev–Trinajstić information content (AvgIpc) is 3.38. The molecule has 1 aliphatic heterocycles. The number of likely N-dealkylation sites (tertiary alicyclic amines) is 1. The number of nitro benzene ring substituents is 1. The van der Waals surface area contributed by atoms with Crippen molar-refractivity contribution in [3.05, 3.63) is 64.5 Å². The molecule has 2 N–H and O–H groups in total. The molecule has 4 aromatic rings. The Balaban J connectivity index is 1.53. The quantitative estimate of drug-likeness (QED) is 0.154. The van der Waals surface area contributed by atoms with Crippen molar-refractivity contribution in [2.24, 2.45) is 0 Å². The number of aromatic amines is 1. The molecule has 0 radical (unpaired) electrons. The van der Waals surface area contributed by atoms with Gasteiger partial charge in [-0.15, -0.1) is 0 Å². The van der Waals surface area contributed by atoms with E-state index in [1.807, 2.05) is 55.2 Å². The SMILES string of the molecule is COc1cc(N(C)CCN(C)C)c([N+](=O)[O-])cc1Nc1ncc(C(=O)OC2CN(C)C2)c(-c2c[nH]c3ccccc23)n1. The second-order valence-electron chi connectivity index (χ2n) is 10.6. The van der Waals surface area contributed by atoms with E-state index in [0.29, 0.717) is 54.6 Å². The van der Waals surface area contributed by atoms with E-state index < -0.39 is 10.9 Å². The molecule has 2 aromatic heterocycles. The molecule has 0 amide bonds. The fourth-order valence-corrected chi connectivity index (χ4v) is 4.86. The zero-order valence-corrected chi connectivity index (χ0v) is 24.2. The average molecular weight is 575 g/mol. The van der Waals surface area contributed by atoms with E-state index >= 15 is 0 Å². The number of methoxy groups -OCH3 is 1. The fraction of sp³-hybridized carbons (Fsp3) is 0.345. The van der Waals surface area contributed by atoms with Crippen LogP contribution < -0.4 is 15.0 Å². The molecule has 13 heteroatoms. The molecule has 0 bridgehead atoms. The summed E-state index contributed by atoms with van der Waals surface area (Å²) in [5, 5.41) is 16.0. The molecule has 1 saturated heterocycles. The number of H-pyrrole nitrogens is 1. The van der Waals surface area contributed by atoms with Crippen LogP contribution in [0.25, 0.3) is 22.2 Å². The number of anilines is 3. The number of hydrogen-bond donors (Lipinski definition) is 2. The molecule has 5 rings (SSSR count). The summed E-state index contributed by atoms with van der Waals surface area (Å²) in [6.07, 6.45) is 3.01. The number of ether oxygens (including phenoxy) is 2. The van der Waals surface area contributed by atoms with E-state index in [4.69, 9.17) is 14.5 Å². The normalized spacial score (nSPS) is 13.7. The number of rotatable bonds is 11. The molecule has 13 nitrogen and oxygen atoms in total. The Kier molecular flexibility index (Phi) is 8.22. The van der Waals surface area contributed by atoms with Crippen LogP contribution in [0, 0.1) is 10.1 Å². The van der Waals surface area contributed by atoms with Gasteiger partial charge in [0.05, 0.1) is 23.4 Å². The summed E-state index contributed by atoms with van der Waals surface area (Å²) < 4.78 is 11.3. The molecule has 0 aliphatic carbocycles. The molecule has 3 heterocycles. The summed E-state index contributed by atoms with van der Waals surface area (Å²) in [5.74, 6) is -0.00285. The largest absolute Gasteiger partial charge is 0.494 e. The summed E-state index contributed by atoms with van der Waals surface area (Å²) in [5.41, 5.74) is 2.81. The third-order valence-corrected chi connectivity index (χ3v) is 7.19. The number of aromatic nitrogens is 3. The topological polar surface area (TPSA) is 142 Å². The second kappa shape index (κ2) is 12.0. The zero-order chi connectivity index (χ0) is 30.0. The van der Waals surface area contributed by atoms with Gasteiger partial charge in [0.1, 0.15) is 23.1 Å². The number of benzene rings is 2. The first kappa shape index (κ1) is 28.8. The van der Waals surface area contributed by atoms with E-state index in [1.165, 1.54) is 19.4 Å². The number of fused-ring (bicyclic) bond motifs is 1. The molecule has 1 aliphatic rings. The third kappa shape index (κ3) is 5.97. The highest BCUT2D eigenvalue weighted by Crippen LogP contribution is 2.39. The highest BCUT2D eigenvalue weighted by atomic mass is 16.6. The van der Waals surface area contributed by atoms with Gasteiger partial charge in [-0.3, -0.25) is 15.0 Å². The molecule has 220 valence electrons. The molecule has 1 fully saturated rings. The van der Waals surface area contributed by atoms with Crippen molar-refractivity contribution in [1.29, 1.82) is 0 Å². The van der Waals surface area contributed by atoms with E-state index in [2.05, 4.69) is 20.2 Å². The van der Waals surface area contributed by atoms with Gasteiger partial charge in [0.2, 0.25) is 5.95 Å². The van der Waals surface area contributed by atoms with Gasteiger partial charge in [-0.05, 0) is 27.2 Å². The van der Waals surface area contributed by atoms with Crippen LogP contribution in [0.2, 0.25) is 0 Å². The summed E-state index contributed by atoms with van der Waals surface area (Å²) in [6.45, 7) is 2.61. The standard InChI is InChI=1S/C29H34N8O5/c1-34(2)10-11-36(4)24-13-26(41-5)23(12-25(24)37(39)40)32-29-31-15-21(28(38)42-18-16-35(3)17-18)27(33-29)20-14-30-22-9-7-6-8-19(20)22/h6-9,12-15,18,30H,10-11,16-17H2,1-5H3,(H,31,32,33). The molecular formula is C29H34N8O5. The first-order valence-electron chi connectivity index (χ1n) is 13.5. The molecular weight excluding hydrogens is 540 g/mol. The maximum Gasteiger partial charge on any atom is 0.342 e. The summed E-state index contributed by atoms with van der Waals surface area (Å²) in [4.78, 5) is 43.1. The van der Waals surface area contributed by atoms with Crippen molar-refractivity contribution in [2.45, 2.75) is 6.10 Å². The van der Waals surface area contributed by atoms with Crippen molar-refractivity contribution < 1.29 is 19.2 Å². The minimum absolute atomic E-state index is 0.0953. The molecule has 2 aromatic carbocycles. The number of esters is 1. The van der Waals surface area contributed by atoms with Crippen LogP contribution in [0.15, 0.2) is 48.8 Å². The van der Waals surface area contributed by atoms with Crippen molar-refractivity contribution >= 4 is 39.9 Å². The maximum atomic E-state index is 13.2. The smallest absolute Gasteiger partial charge is 0.342 e. The molecule has 0 spiro atoms. The number of nitro groups is 1. The van der Waals surface area contributed by atoms with Crippen LogP contribution in [0.3, 0.4) is 0 Å². The molecule has 42 heavy (non-hydrogen) atoms. The van der Waals surface area contributed by atoms with Crippen LogP contribution in [0.4, 0.5) is 23.0 Å². The van der Waals surface area contributed by atoms with Crippen LogP contribution in [0.1, 0.15) is 10.4 Å². The van der Waals surface area contributed by atoms with Gasteiger partial charge in [0.15, 0.2) is 0 Å². The van der Waals surface area contributed by atoms with E-state index in [0.717, 1.165) is 10.9 Å². The number of nitrogens with one attached hydrogen (secondary N) is 2. The lowest BCUT2D eigenvalue weighted by atomic mass is 10.1. The monoisotopic (exact) mass is 574 g/mol. The molecule has 0 unspecified atom stereocenters. The second-order valence-corrected chi connectivity index (χ2v) is 10.6. The number of carbonyl (C=O) groups is 1. The predicted octanol–water partition coefficient (Wildman–Crippen LogP) is 3.75. The Morgan fingerprint density at radius 3 is 2.67 bits per heavy atom. The highest BCUT2D eigenvalue weighted by Gasteiger charge is 2.30. The summed E-state index contributed by atoms with van der Waals surface area (Å²) in [6, 6.07) is 10.7. The number of nitrogens with zero attached hydrogens (tertiary/aromatic N) is 6. The predicted molar refractivity (Wildman–Crippen MR) is 161 cm³/mol. The fourth-order valence-electron chi connectivity index (χ4n) is 4.86. The lowest BCUT2D eigenvalue weighted by Gasteiger charge is -2.35. The summed E-state index contributed by atoms with van der Waals surface area (Å²) >= 11 is 0. The minimum Gasteiger partial charge on any atom is -0.494 e. The molecule has 0 saturated carbocycles. The van der Waals surface area contributed by atoms with Gasteiger partial charge in [-0.25, -0.2) is 14.8 Å². The number of likely N-dealkylation sites (N-methyl/N-ethyl adjacent to an activating group) is 3. The Morgan fingerprint density at radius 2 is 1.98 bits per heavy atom. The van der Waals surface area contributed by atoms with Gasteiger partial charge >= 0.3 is 5.97 Å². The number of hydrogen-bond acceptors (Lipinski definition) is 11. The summed E-state index contributed by atoms with van der Waals surface area (Å²) in [7, 11) is 9.13. The van der Waals surface area contributed by atoms with Gasteiger partial charge in [-0.2, -0.15) is 0 Å². The Hall–Kier alpha value is -4.75. The number of para-hydroxylation sites is 1. The van der Waals surface area contributed by atoms with Gasteiger partial charge in [-0.1, -0.05) is 18.2 Å². The van der Waals surface area contributed by atoms with Crippen LogP contribution in [-0.4, -0.2) is 103 Å². The first-order valence-corrected chi connectivity index (χ1v) is 13.5. The number of carbonyl (C=O) groups excluding carboxylic acids is 1. The van der Waals surface area contributed by atoms with E-state index in [9.17, 15) is 14.9 Å². The Labute approximate surface area is 243 Å². The van der Waals surface area contributed by atoms with Crippen molar-refractivity contribution in [2.75, 3.05) is 71.7 Å². The van der Waals surface area contributed by atoms with Gasteiger partial charge in [0, 0.05) is 74.2 Å². The Bertz CT molecular complexity index is 1620. The minimum atomic E-state index is -0.515.